The summed E-state index contributed by atoms with van der Waals surface area (Å²) in [5.41, 5.74) is -2.66. The summed E-state index contributed by atoms with van der Waals surface area (Å²) in [5, 5.41) is 19.5. The minimum atomic E-state index is -5.13. The SMILES string of the molecule is COC(=O)c1c(OC(F)(F)F)ccc([N+](=O)[O-])c1C#N. The van der Waals surface area contributed by atoms with Crippen molar-refractivity contribution in [1.29, 1.82) is 5.26 Å². The van der Waals surface area contributed by atoms with Crippen molar-refractivity contribution in [2.45, 2.75) is 6.36 Å². The third-order valence-electron chi connectivity index (χ3n) is 2.07. The van der Waals surface area contributed by atoms with Gasteiger partial charge in [0.2, 0.25) is 0 Å². The lowest BCUT2D eigenvalue weighted by molar-refractivity contribution is -0.385. The molecule has 10 heteroatoms. The molecule has 0 radical (unpaired) electrons. The zero-order chi connectivity index (χ0) is 15.5. The zero-order valence-corrected chi connectivity index (χ0v) is 9.72. The van der Waals surface area contributed by atoms with Crippen LogP contribution in [-0.2, 0) is 4.74 Å². The number of carbonyl (C=O) groups excluding carboxylic acids is 1. The molecule has 1 rings (SSSR count). The Balaban J connectivity index is 3.59. The van der Waals surface area contributed by atoms with Crippen molar-refractivity contribution in [3.05, 3.63) is 33.4 Å². The maximum Gasteiger partial charge on any atom is 0.573 e. The van der Waals surface area contributed by atoms with Gasteiger partial charge in [-0.05, 0) is 6.07 Å². The van der Waals surface area contributed by atoms with Crippen LogP contribution in [0, 0.1) is 21.4 Å². The van der Waals surface area contributed by atoms with Crippen molar-refractivity contribution in [2.24, 2.45) is 0 Å². The van der Waals surface area contributed by atoms with Gasteiger partial charge in [-0.2, -0.15) is 5.26 Å². The summed E-state index contributed by atoms with van der Waals surface area (Å²) in [4.78, 5) is 21.1. The number of nitro benzene ring substituents is 1. The van der Waals surface area contributed by atoms with Gasteiger partial charge < -0.3 is 9.47 Å². The quantitative estimate of drug-likeness (QED) is 0.480. The molecule has 1 aromatic carbocycles. The molecule has 0 spiro atoms. The Bertz CT molecular complexity index is 606. The first kappa shape index (κ1) is 15.2. The number of ether oxygens (including phenoxy) is 2. The van der Waals surface area contributed by atoms with Crippen molar-refractivity contribution in [2.75, 3.05) is 7.11 Å². The molecule has 0 aliphatic rings. The van der Waals surface area contributed by atoms with E-state index in [0.29, 0.717) is 12.1 Å². The molecule has 0 amide bonds. The summed E-state index contributed by atoms with van der Waals surface area (Å²) in [5.74, 6) is -2.41. The van der Waals surface area contributed by atoms with Gasteiger partial charge in [-0.15, -0.1) is 13.2 Å². The Hall–Kier alpha value is -2.83. The number of methoxy groups -OCH3 is 1. The second-order valence-electron chi connectivity index (χ2n) is 3.24. The van der Waals surface area contributed by atoms with Crippen molar-refractivity contribution < 1.29 is 32.4 Å². The normalized spacial score (nSPS) is 10.6. The molecule has 7 nitrogen and oxygen atoms in total. The number of benzene rings is 1. The summed E-state index contributed by atoms with van der Waals surface area (Å²) in [6, 6.07) is 2.50. The molecule has 0 unspecified atom stereocenters. The monoisotopic (exact) mass is 290 g/mol. The van der Waals surface area contributed by atoms with Gasteiger partial charge in [-0.25, -0.2) is 4.79 Å². The lowest BCUT2D eigenvalue weighted by Crippen LogP contribution is -2.20. The van der Waals surface area contributed by atoms with Crippen molar-refractivity contribution in [1.82, 2.24) is 0 Å². The zero-order valence-electron chi connectivity index (χ0n) is 9.72. The highest BCUT2D eigenvalue weighted by Gasteiger charge is 2.36. The number of halogens is 3. The van der Waals surface area contributed by atoms with Crippen LogP contribution >= 0.6 is 0 Å². The Labute approximate surface area is 109 Å². The molecule has 0 fully saturated rings. The summed E-state index contributed by atoms with van der Waals surface area (Å²) >= 11 is 0. The molecule has 0 bridgehead atoms. The van der Waals surface area contributed by atoms with Crippen LogP contribution in [0.3, 0.4) is 0 Å². The topological polar surface area (TPSA) is 102 Å². The molecule has 106 valence electrons. The van der Waals surface area contributed by atoms with E-state index in [1.165, 1.54) is 6.07 Å². The number of nitriles is 1. The van der Waals surface area contributed by atoms with E-state index < -0.39 is 39.8 Å². The first-order valence-corrected chi connectivity index (χ1v) is 4.76. The summed E-state index contributed by atoms with van der Waals surface area (Å²) in [6.45, 7) is 0. The Morgan fingerprint density at radius 1 is 1.45 bits per heavy atom. The van der Waals surface area contributed by atoms with Gasteiger partial charge in [-0.3, -0.25) is 10.1 Å². The fourth-order valence-corrected chi connectivity index (χ4v) is 1.35. The summed E-state index contributed by atoms with van der Waals surface area (Å²) in [6.07, 6.45) is -5.13. The van der Waals surface area contributed by atoms with Gasteiger partial charge in [0, 0.05) is 6.07 Å². The number of carbonyl (C=O) groups is 1. The number of hydrogen-bond acceptors (Lipinski definition) is 6. The van der Waals surface area contributed by atoms with Crippen LogP contribution in [0.4, 0.5) is 18.9 Å². The molecule has 0 heterocycles. The van der Waals surface area contributed by atoms with Gasteiger partial charge in [0.05, 0.1) is 12.0 Å². The molecule has 0 saturated carbocycles. The minimum Gasteiger partial charge on any atom is -0.465 e. The number of alkyl halides is 3. The van der Waals surface area contributed by atoms with Crippen LogP contribution in [0.25, 0.3) is 0 Å². The molecule has 20 heavy (non-hydrogen) atoms. The van der Waals surface area contributed by atoms with E-state index in [0.717, 1.165) is 7.11 Å². The molecule has 0 aliphatic heterocycles. The number of rotatable bonds is 3. The molecule has 0 saturated heterocycles. The van der Waals surface area contributed by atoms with Gasteiger partial charge in [0.15, 0.2) is 0 Å². The van der Waals surface area contributed by atoms with E-state index in [9.17, 15) is 28.1 Å². The van der Waals surface area contributed by atoms with Crippen LogP contribution in [-0.4, -0.2) is 24.4 Å². The molecule has 0 N–H and O–H groups in total. The van der Waals surface area contributed by atoms with E-state index in [1.54, 1.807) is 0 Å². The maximum absolute atomic E-state index is 12.2. The number of esters is 1. The molecule has 0 atom stereocenters. The van der Waals surface area contributed by atoms with Crippen LogP contribution in [0.1, 0.15) is 15.9 Å². The number of nitro groups is 1. The van der Waals surface area contributed by atoms with Crippen molar-refractivity contribution in [3.63, 3.8) is 0 Å². The largest absolute Gasteiger partial charge is 0.573 e. The fourth-order valence-electron chi connectivity index (χ4n) is 1.35. The second kappa shape index (κ2) is 5.43. The average Bonchev–Trinajstić information content (AvgIpc) is 2.34. The lowest BCUT2D eigenvalue weighted by Gasteiger charge is -2.12. The van der Waals surface area contributed by atoms with Gasteiger partial charge in [0.1, 0.15) is 22.9 Å². The predicted octanol–water partition coefficient (Wildman–Crippen LogP) is 2.15. The average molecular weight is 290 g/mol. The second-order valence-corrected chi connectivity index (χ2v) is 3.24. The molecule has 0 aromatic heterocycles. The van der Waals surface area contributed by atoms with E-state index in [-0.39, 0.29) is 0 Å². The first-order chi connectivity index (χ1) is 9.21. The number of nitrogens with zero attached hydrogens (tertiary/aromatic N) is 2. The predicted molar refractivity (Wildman–Crippen MR) is 55.8 cm³/mol. The van der Waals surface area contributed by atoms with Gasteiger partial charge in [-0.1, -0.05) is 0 Å². The standard InChI is InChI=1S/C10H5F3N2O5/c1-19-9(16)8-5(4-14)6(15(17)18)2-3-7(8)20-10(11,12)13/h2-3H,1H3. The highest BCUT2D eigenvalue weighted by Crippen LogP contribution is 2.33. The highest BCUT2D eigenvalue weighted by molar-refractivity contribution is 5.96. The van der Waals surface area contributed by atoms with Crippen LogP contribution in [0.15, 0.2) is 12.1 Å². The van der Waals surface area contributed by atoms with Crippen molar-refractivity contribution >= 4 is 11.7 Å². The maximum atomic E-state index is 12.2. The van der Waals surface area contributed by atoms with E-state index in [4.69, 9.17) is 5.26 Å². The van der Waals surface area contributed by atoms with Crippen LogP contribution in [0.2, 0.25) is 0 Å². The lowest BCUT2D eigenvalue weighted by atomic mass is 10.1. The van der Waals surface area contributed by atoms with Gasteiger partial charge in [0.25, 0.3) is 5.69 Å². The fraction of sp³-hybridized carbons (Fsp3) is 0.200. The first-order valence-electron chi connectivity index (χ1n) is 4.76. The third-order valence-corrected chi connectivity index (χ3v) is 2.07. The summed E-state index contributed by atoms with van der Waals surface area (Å²) < 4.78 is 44.3. The van der Waals surface area contributed by atoms with Crippen LogP contribution < -0.4 is 4.74 Å². The molecule has 0 aliphatic carbocycles. The minimum absolute atomic E-state index is 0.568. The van der Waals surface area contributed by atoms with Crippen molar-refractivity contribution in [3.8, 4) is 11.8 Å². The Kier molecular flexibility index (Phi) is 4.14. The Morgan fingerprint density at radius 3 is 2.45 bits per heavy atom. The Morgan fingerprint density at radius 2 is 2.05 bits per heavy atom. The molecule has 1 aromatic rings. The smallest absolute Gasteiger partial charge is 0.465 e. The molecular formula is C10H5F3N2O5. The molecular weight excluding hydrogens is 285 g/mol. The highest BCUT2D eigenvalue weighted by atomic mass is 19.4. The van der Waals surface area contributed by atoms with Gasteiger partial charge >= 0.3 is 12.3 Å². The third kappa shape index (κ3) is 3.14. The van der Waals surface area contributed by atoms with E-state index >= 15 is 0 Å². The number of hydrogen-bond donors (Lipinski definition) is 0. The van der Waals surface area contributed by atoms with E-state index in [1.807, 2.05) is 0 Å². The summed E-state index contributed by atoms with van der Waals surface area (Å²) in [7, 11) is 0.847. The van der Waals surface area contributed by atoms with Crippen LogP contribution in [0.5, 0.6) is 5.75 Å². The van der Waals surface area contributed by atoms with E-state index in [2.05, 4.69) is 9.47 Å².